The Kier molecular flexibility index (Phi) is 4.80. The first kappa shape index (κ1) is 16.4. The van der Waals surface area contributed by atoms with Crippen molar-refractivity contribution in [3.63, 3.8) is 0 Å². The van der Waals surface area contributed by atoms with Gasteiger partial charge in [-0.15, -0.1) is 0 Å². The summed E-state index contributed by atoms with van der Waals surface area (Å²) in [5.74, 6) is -0.399. The summed E-state index contributed by atoms with van der Waals surface area (Å²) in [4.78, 5) is 21.9. The third kappa shape index (κ3) is 3.26. The van der Waals surface area contributed by atoms with Gasteiger partial charge in [-0.05, 0) is 18.6 Å². The molecule has 1 saturated heterocycles. The first-order valence-electron chi connectivity index (χ1n) is 7.63. The molecule has 3 rings (SSSR count). The maximum Gasteiger partial charge on any atom is 0.280 e. The van der Waals surface area contributed by atoms with E-state index in [4.69, 9.17) is 4.74 Å². The van der Waals surface area contributed by atoms with Crippen molar-refractivity contribution in [1.82, 2.24) is 14.9 Å². The SMILES string of the molecule is C[C@@H]1COC[C@H](c2ccccc2)N1C(=O)c1cc(C(F)F)ncn1. The van der Waals surface area contributed by atoms with Crippen molar-refractivity contribution in [2.75, 3.05) is 13.2 Å². The Bertz CT molecular complexity index is 712. The van der Waals surface area contributed by atoms with Crippen LogP contribution in [0.4, 0.5) is 8.78 Å². The minimum atomic E-state index is -2.74. The molecule has 0 N–H and O–H groups in total. The number of ether oxygens (including phenoxy) is 1. The van der Waals surface area contributed by atoms with Crippen molar-refractivity contribution >= 4 is 5.91 Å². The van der Waals surface area contributed by atoms with Crippen LogP contribution >= 0.6 is 0 Å². The number of nitrogens with zero attached hydrogens (tertiary/aromatic N) is 3. The van der Waals surface area contributed by atoms with E-state index < -0.39 is 18.0 Å². The Labute approximate surface area is 138 Å². The molecule has 1 aliphatic rings. The van der Waals surface area contributed by atoms with Crippen LogP contribution in [0.5, 0.6) is 0 Å². The maximum absolute atomic E-state index is 12.9. The first-order chi connectivity index (χ1) is 11.6. The van der Waals surface area contributed by atoms with Gasteiger partial charge in [0.1, 0.15) is 17.7 Å². The van der Waals surface area contributed by atoms with E-state index in [0.29, 0.717) is 13.2 Å². The quantitative estimate of drug-likeness (QED) is 0.866. The van der Waals surface area contributed by atoms with E-state index in [1.165, 1.54) is 0 Å². The number of aromatic nitrogens is 2. The van der Waals surface area contributed by atoms with Crippen LogP contribution in [0.25, 0.3) is 0 Å². The number of halogens is 2. The minimum Gasteiger partial charge on any atom is -0.377 e. The molecule has 126 valence electrons. The van der Waals surface area contributed by atoms with Gasteiger partial charge in [0, 0.05) is 0 Å². The lowest BCUT2D eigenvalue weighted by Gasteiger charge is -2.40. The Morgan fingerprint density at radius 3 is 2.71 bits per heavy atom. The lowest BCUT2D eigenvalue weighted by atomic mass is 10.0. The van der Waals surface area contributed by atoms with Crippen LogP contribution in [-0.2, 0) is 4.74 Å². The lowest BCUT2D eigenvalue weighted by molar-refractivity contribution is -0.0318. The number of benzene rings is 1. The highest BCUT2D eigenvalue weighted by atomic mass is 19.3. The zero-order valence-electron chi connectivity index (χ0n) is 13.1. The van der Waals surface area contributed by atoms with Gasteiger partial charge in [-0.2, -0.15) is 0 Å². The van der Waals surface area contributed by atoms with Crippen LogP contribution in [0.15, 0.2) is 42.7 Å². The fourth-order valence-corrected chi connectivity index (χ4v) is 2.83. The second-order valence-corrected chi connectivity index (χ2v) is 5.65. The summed E-state index contributed by atoms with van der Waals surface area (Å²) < 4.78 is 31.3. The molecule has 7 heteroatoms. The van der Waals surface area contributed by atoms with Gasteiger partial charge < -0.3 is 9.64 Å². The van der Waals surface area contributed by atoms with Crippen molar-refractivity contribution < 1.29 is 18.3 Å². The van der Waals surface area contributed by atoms with Gasteiger partial charge in [0.05, 0.1) is 25.3 Å². The molecule has 1 aliphatic heterocycles. The van der Waals surface area contributed by atoms with Crippen molar-refractivity contribution in [2.24, 2.45) is 0 Å². The number of amides is 1. The number of hydrogen-bond acceptors (Lipinski definition) is 4. The topological polar surface area (TPSA) is 55.3 Å². The Morgan fingerprint density at radius 2 is 2.00 bits per heavy atom. The summed E-state index contributed by atoms with van der Waals surface area (Å²) in [7, 11) is 0. The van der Waals surface area contributed by atoms with Gasteiger partial charge in [0.25, 0.3) is 12.3 Å². The maximum atomic E-state index is 12.9. The molecular weight excluding hydrogens is 316 g/mol. The summed E-state index contributed by atoms with van der Waals surface area (Å²) in [6.07, 6.45) is -1.75. The van der Waals surface area contributed by atoms with E-state index >= 15 is 0 Å². The molecule has 5 nitrogen and oxygen atoms in total. The second-order valence-electron chi connectivity index (χ2n) is 5.65. The van der Waals surface area contributed by atoms with Gasteiger partial charge in [-0.1, -0.05) is 30.3 Å². The highest BCUT2D eigenvalue weighted by Gasteiger charge is 2.34. The standard InChI is InChI=1S/C17H17F2N3O2/c1-11-8-24-9-15(12-5-3-2-4-6-12)22(11)17(23)14-7-13(16(18)19)20-10-21-14/h2-7,10-11,15-16H,8-9H2,1H3/t11-,15-/m1/s1. The molecule has 0 unspecified atom stereocenters. The fraction of sp³-hybridized carbons (Fsp3) is 0.353. The van der Waals surface area contributed by atoms with E-state index in [1.807, 2.05) is 37.3 Å². The minimum absolute atomic E-state index is 0.0324. The van der Waals surface area contributed by atoms with Crippen LogP contribution in [0.1, 0.15) is 41.1 Å². The predicted octanol–water partition coefficient (Wildman–Crippen LogP) is 3.02. The molecule has 0 bridgehead atoms. The zero-order valence-corrected chi connectivity index (χ0v) is 13.1. The van der Waals surface area contributed by atoms with Crippen LogP contribution in [0.3, 0.4) is 0 Å². The van der Waals surface area contributed by atoms with Crippen LogP contribution in [0, 0.1) is 0 Å². The van der Waals surface area contributed by atoms with Crippen LogP contribution in [0.2, 0.25) is 0 Å². The largest absolute Gasteiger partial charge is 0.377 e. The molecule has 0 saturated carbocycles. The highest BCUT2D eigenvalue weighted by Crippen LogP contribution is 2.29. The predicted molar refractivity (Wildman–Crippen MR) is 82.6 cm³/mol. The molecule has 1 fully saturated rings. The smallest absolute Gasteiger partial charge is 0.280 e. The van der Waals surface area contributed by atoms with E-state index in [9.17, 15) is 13.6 Å². The zero-order chi connectivity index (χ0) is 17.1. The van der Waals surface area contributed by atoms with Gasteiger partial charge in [-0.3, -0.25) is 4.79 Å². The summed E-state index contributed by atoms with van der Waals surface area (Å²) in [5.41, 5.74) is 0.445. The molecule has 1 aromatic heterocycles. The van der Waals surface area contributed by atoms with Gasteiger partial charge in [-0.25, -0.2) is 18.7 Å². The molecule has 2 heterocycles. The average Bonchev–Trinajstić information content (AvgIpc) is 2.62. The monoisotopic (exact) mass is 333 g/mol. The summed E-state index contributed by atoms with van der Waals surface area (Å²) in [5, 5.41) is 0. The highest BCUT2D eigenvalue weighted by molar-refractivity contribution is 5.93. The molecule has 0 radical (unpaired) electrons. The summed E-state index contributed by atoms with van der Waals surface area (Å²) in [6.45, 7) is 2.61. The number of carbonyl (C=O) groups is 1. The lowest BCUT2D eigenvalue weighted by Crippen LogP contribution is -2.49. The number of morpholine rings is 1. The number of rotatable bonds is 3. The molecule has 2 aromatic rings. The summed E-state index contributed by atoms with van der Waals surface area (Å²) >= 11 is 0. The van der Waals surface area contributed by atoms with Crippen molar-refractivity contribution in [2.45, 2.75) is 25.4 Å². The van der Waals surface area contributed by atoms with Gasteiger partial charge in [0.2, 0.25) is 0 Å². The van der Waals surface area contributed by atoms with E-state index in [0.717, 1.165) is 18.0 Å². The molecule has 0 spiro atoms. The fourth-order valence-electron chi connectivity index (χ4n) is 2.83. The van der Waals surface area contributed by atoms with Crippen molar-refractivity contribution in [3.8, 4) is 0 Å². The normalized spacial score (nSPS) is 21.1. The molecular formula is C17H17F2N3O2. The van der Waals surface area contributed by atoms with E-state index in [2.05, 4.69) is 9.97 Å². The first-order valence-corrected chi connectivity index (χ1v) is 7.63. The molecule has 24 heavy (non-hydrogen) atoms. The molecule has 1 amide bonds. The number of hydrogen-bond donors (Lipinski definition) is 0. The summed E-state index contributed by atoms with van der Waals surface area (Å²) in [6, 6.07) is 10.1. The van der Waals surface area contributed by atoms with Crippen LogP contribution in [-0.4, -0.2) is 40.0 Å². The van der Waals surface area contributed by atoms with Crippen molar-refractivity contribution in [1.29, 1.82) is 0 Å². The number of carbonyl (C=O) groups excluding carboxylic acids is 1. The van der Waals surface area contributed by atoms with Crippen LogP contribution < -0.4 is 0 Å². The molecule has 2 atom stereocenters. The Balaban J connectivity index is 1.94. The van der Waals surface area contributed by atoms with Crippen molar-refractivity contribution in [3.05, 3.63) is 59.7 Å². The Hall–Kier alpha value is -2.41. The number of alkyl halides is 2. The third-order valence-electron chi connectivity index (χ3n) is 4.00. The molecule has 1 aromatic carbocycles. The Morgan fingerprint density at radius 1 is 1.25 bits per heavy atom. The second kappa shape index (κ2) is 7.00. The average molecular weight is 333 g/mol. The molecule has 0 aliphatic carbocycles. The van der Waals surface area contributed by atoms with Gasteiger partial charge >= 0.3 is 0 Å². The van der Waals surface area contributed by atoms with E-state index in [1.54, 1.807) is 4.90 Å². The van der Waals surface area contributed by atoms with E-state index in [-0.39, 0.29) is 17.8 Å². The van der Waals surface area contributed by atoms with Gasteiger partial charge in [0.15, 0.2) is 0 Å². The third-order valence-corrected chi connectivity index (χ3v) is 4.00.